The van der Waals surface area contributed by atoms with Crippen LogP contribution in [0.3, 0.4) is 0 Å². The minimum Gasteiger partial charge on any atom is -0.465 e. The van der Waals surface area contributed by atoms with Gasteiger partial charge in [-0.3, -0.25) is 5.73 Å². The number of halogens is 1. The summed E-state index contributed by atoms with van der Waals surface area (Å²) in [4.78, 5) is 24.6. The average molecular weight is 327 g/mol. The minimum atomic E-state index is -2.06. The zero-order valence-corrected chi connectivity index (χ0v) is 12.8. The molecule has 6 heteroatoms. The Morgan fingerprint density at radius 2 is 1.71 bits per heavy atom. The van der Waals surface area contributed by atoms with Crippen LogP contribution in [-0.4, -0.2) is 24.8 Å². The highest BCUT2D eigenvalue weighted by molar-refractivity contribution is 6.31. The zero-order valence-electron chi connectivity index (χ0n) is 12.8. The largest absolute Gasteiger partial charge is 0.465 e. The number of ether oxygens (including phenoxy) is 2. The number of hydrogen-bond donors (Lipinski definition) is 1. The molecule has 0 amide bonds. The van der Waals surface area contributed by atoms with Crippen LogP contribution in [0.15, 0.2) is 54.6 Å². The van der Waals surface area contributed by atoms with E-state index in [2.05, 4.69) is 0 Å². The van der Waals surface area contributed by atoms with Crippen LogP contribution in [0.4, 0.5) is 4.39 Å². The minimum absolute atomic E-state index is 0.106. The summed E-state index contributed by atoms with van der Waals surface area (Å²) in [5.74, 6) is -2.11. The predicted octanol–water partition coefficient (Wildman–Crippen LogP) is 2.12. The van der Waals surface area contributed by atoms with Crippen LogP contribution in [-0.2, 0) is 19.1 Å². The number of benzene rings is 2. The fraction of sp³-hybridized carbons (Fsp3) is 0.111. The topological polar surface area (TPSA) is 78.6 Å². The van der Waals surface area contributed by atoms with Gasteiger partial charge >= 0.3 is 11.9 Å². The van der Waals surface area contributed by atoms with Crippen molar-refractivity contribution in [3.63, 3.8) is 0 Å². The summed E-state index contributed by atoms with van der Waals surface area (Å²) in [5, 5.41) is 0. The molecular weight excluding hydrogens is 313 g/mol. The maximum absolute atomic E-state index is 13.2. The molecule has 0 saturated heterocycles. The monoisotopic (exact) mass is 327 g/mol. The van der Waals surface area contributed by atoms with Gasteiger partial charge < -0.3 is 9.47 Å². The molecule has 1 heterocycles. The summed E-state index contributed by atoms with van der Waals surface area (Å²) in [6, 6.07) is 14.0. The van der Waals surface area contributed by atoms with E-state index < -0.39 is 23.5 Å². The first-order valence-corrected chi connectivity index (χ1v) is 7.14. The highest BCUT2D eigenvalue weighted by Gasteiger charge is 2.52. The first-order valence-electron chi connectivity index (χ1n) is 7.14. The number of carbonyl (C=O) groups is 2. The lowest BCUT2D eigenvalue weighted by molar-refractivity contribution is -0.167. The fourth-order valence-electron chi connectivity index (χ4n) is 2.67. The number of methoxy groups -OCH3 is 1. The highest BCUT2D eigenvalue weighted by atomic mass is 19.1. The summed E-state index contributed by atoms with van der Waals surface area (Å²) in [7, 11) is 1.16. The molecule has 122 valence electrons. The molecule has 1 unspecified atom stereocenters. The Bertz CT molecular complexity index is 830. The smallest absolute Gasteiger partial charge is 0.371 e. The van der Waals surface area contributed by atoms with Crippen LogP contribution in [0.1, 0.15) is 11.1 Å². The molecule has 0 fully saturated rings. The number of nitrogens with two attached hydrogens (primary N) is 1. The van der Waals surface area contributed by atoms with Gasteiger partial charge in [-0.25, -0.2) is 14.0 Å². The molecule has 0 spiro atoms. The Kier molecular flexibility index (Phi) is 3.91. The van der Waals surface area contributed by atoms with Gasteiger partial charge in [-0.1, -0.05) is 42.5 Å². The molecule has 2 aromatic carbocycles. The number of carbonyl (C=O) groups excluding carboxylic acids is 2. The van der Waals surface area contributed by atoms with Gasteiger partial charge in [0.1, 0.15) is 5.82 Å². The van der Waals surface area contributed by atoms with E-state index in [4.69, 9.17) is 15.2 Å². The maximum Gasteiger partial charge on any atom is 0.371 e. The van der Waals surface area contributed by atoms with Crippen LogP contribution >= 0.6 is 0 Å². The predicted molar refractivity (Wildman–Crippen MR) is 84.7 cm³/mol. The van der Waals surface area contributed by atoms with Gasteiger partial charge in [0.2, 0.25) is 0 Å². The van der Waals surface area contributed by atoms with E-state index in [-0.39, 0.29) is 11.1 Å². The van der Waals surface area contributed by atoms with Gasteiger partial charge in [0.25, 0.3) is 5.72 Å². The van der Waals surface area contributed by atoms with Crippen molar-refractivity contribution in [3.05, 3.63) is 71.5 Å². The van der Waals surface area contributed by atoms with Crippen molar-refractivity contribution in [3.8, 4) is 0 Å². The molecule has 1 aliphatic rings. The van der Waals surface area contributed by atoms with E-state index in [1.807, 2.05) is 0 Å². The van der Waals surface area contributed by atoms with Crippen molar-refractivity contribution < 1.29 is 23.5 Å². The molecule has 0 radical (unpaired) electrons. The van der Waals surface area contributed by atoms with Gasteiger partial charge in [0, 0.05) is 5.57 Å². The average Bonchev–Trinajstić information content (AvgIpc) is 2.87. The molecule has 1 aliphatic heterocycles. The second kappa shape index (κ2) is 5.90. The van der Waals surface area contributed by atoms with E-state index in [1.54, 1.807) is 30.3 Å². The van der Waals surface area contributed by atoms with Crippen molar-refractivity contribution in [2.45, 2.75) is 5.72 Å². The van der Waals surface area contributed by atoms with Crippen molar-refractivity contribution in [2.24, 2.45) is 5.73 Å². The second-order valence-electron chi connectivity index (χ2n) is 5.24. The summed E-state index contributed by atoms with van der Waals surface area (Å²) in [5.41, 5.74) is 5.26. The molecule has 2 aromatic rings. The van der Waals surface area contributed by atoms with Crippen LogP contribution < -0.4 is 5.73 Å². The first-order chi connectivity index (χ1) is 11.5. The highest BCUT2D eigenvalue weighted by Crippen LogP contribution is 2.41. The lowest BCUT2D eigenvalue weighted by atomic mass is 9.90. The molecule has 0 aliphatic carbocycles. The third kappa shape index (κ3) is 2.47. The lowest BCUT2D eigenvalue weighted by Crippen LogP contribution is -2.50. The van der Waals surface area contributed by atoms with Gasteiger partial charge in [0.15, 0.2) is 0 Å². The van der Waals surface area contributed by atoms with Crippen molar-refractivity contribution in [2.75, 3.05) is 7.11 Å². The van der Waals surface area contributed by atoms with Gasteiger partial charge in [-0.15, -0.1) is 0 Å². The summed E-state index contributed by atoms with van der Waals surface area (Å²) in [6.07, 6.45) is 0. The Morgan fingerprint density at radius 1 is 1.08 bits per heavy atom. The Balaban J connectivity index is 2.29. The van der Waals surface area contributed by atoms with Crippen molar-refractivity contribution in [1.29, 1.82) is 0 Å². The number of esters is 2. The fourth-order valence-corrected chi connectivity index (χ4v) is 2.67. The quantitative estimate of drug-likeness (QED) is 0.874. The van der Waals surface area contributed by atoms with Crippen molar-refractivity contribution in [1.82, 2.24) is 0 Å². The molecule has 5 nitrogen and oxygen atoms in total. The molecule has 0 aromatic heterocycles. The van der Waals surface area contributed by atoms with Gasteiger partial charge in [-0.05, 0) is 23.3 Å². The summed E-state index contributed by atoms with van der Waals surface area (Å²) in [6.45, 7) is 0. The molecule has 2 N–H and O–H groups in total. The van der Waals surface area contributed by atoms with E-state index in [0.29, 0.717) is 11.1 Å². The van der Waals surface area contributed by atoms with Crippen LogP contribution in [0.5, 0.6) is 0 Å². The molecule has 24 heavy (non-hydrogen) atoms. The van der Waals surface area contributed by atoms with Gasteiger partial charge in [-0.2, -0.15) is 0 Å². The van der Waals surface area contributed by atoms with Crippen LogP contribution in [0, 0.1) is 5.82 Å². The Labute approximate surface area is 137 Å². The molecule has 0 saturated carbocycles. The third-order valence-corrected chi connectivity index (χ3v) is 3.76. The Morgan fingerprint density at radius 3 is 2.29 bits per heavy atom. The normalized spacial score (nSPS) is 20.0. The lowest BCUT2D eigenvalue weighted by Gasteiger charge is -2.23. The molecule has 0 bridgehead atoms. The number of rotatable bonds is 3. The first kappa shape index (κ1) is 15.9. The Hall–Kier alpha value is -2.99. The third-order valence-electron chi connectivity index (χ3n) is 3.76. The maximum atomic E-state index is 13.2. The molecule has 3 rings (SSSR count). The summed E-state index contributed by atoms with van der Waals surface area (Å²) < 4.78 is 23.1. The van der Waals surface area contributed by atoms with E-state index >= 15 is 0 Å². The second-order valence-corrected chi connectivity index (χ2v) is 5.24. The van der Waals surface area contributed by atoms with Crippen molar-refractivity contribution >= 4 is 23.1 Å². The SMILES string of the molecule is COC(=O)C1(N)OC(=O)C(c2ccc(F)cc2)=C1c1ccccc1. The van der Waals surface area contributed by atoms with E-state index in [1.165, 1.54) is 24.3 Å². The van der Waals surface area contributed by atoms with Gasteiger partial charge in [0.05, 0.1) is 12.7 Å². The van der Waals surface area contributed by atoms with E-state index in [0.717, 1.165) is 7.11 Å². The standard InChI is InChI=1S/C18H14FNO4/c1-23-17(22)18(20)15(12-5-3-2-4-6-12)14(16(21)24-18)11-7-9-13(19)10-8-11/h2-10H,20H2,1H3. The van der Waals surface area contributed by atoms with E-state index in [9.17, 15) is 14.0 Å². The molecule has 1 atom stereocenters. The zero-order chi connectivity index (χ0) is 17.3. The number of cyclic esters (lactones) is 1. The number of hydrogen-bond acceptors (Lipinski definition) is 5. The van der Waals surface area contributed by atoms with Crippen LogP contribution in [0.2, 0.25) is 0 Å². The van der Waals surface area contributed by atoms with Crippen LogP contribution in [0.25, 0.3) is 11.1 Å². The summed E-state index contributed by atoms with van der Waals surface area (Å²) >= 11 is 0. The molecular formula is C18H14FNO4.